The van der Waals surface area contributed by atoms with Crippen LogP contribution in [-0.4, -0.2) is 15.5 Å². The van der Waals surface area contributed by atoms with Crippen LogP contribution in [0.1, 0.15) is 0 Å². The summed E-state index contributed by atoms with van der Waals surface area (Å²) in [5, 5.41) is -0.280. The molecule has 0 heterocycles. The lowest BCUT2D eigenvalue weighted by atomic mass is 10.2. The van der Waals surface area contributed by atoms with Gasteiger partial charge in [0.2, 0.25) is 0 Å². The van der Waals surface area contributed by atoms with Crippen molar-refractivity contribution >= 4 is 33.0 Å². The van der Waals surface area contributed by atoms with Crippen LogP contribution in [0.4, 0.5) is 15.8 Å². The minimum atomic E-state index is -3.94. The minimum Gasteiger partial charge on any atom is -0.495 e. The quantitative estimate of drug-likeness (QED) is 0.845. The van der Waals surface area contributed by atoms with E-state index in [-0.39, 0.29) is 15.6 Å². The molecule has 8 heteroatoms. The van der Waals surface area contributed by atoms with E-state index in [1.54, 1.807) is 6.07 Å². The Bertz CT molecular complexity index is 781. The summed E-state index contributed by atoms with van der Waals surface area (Å²) >= 11 is 5.59. The van der Waals surface area contributed by atoms with Crippen molar-refractivity contribution in [2.24, 2.45) is 0 Å². The second-order valence-electron chi connectivity index (χ2n) is 4.14. The van der Waals surface area contributed by atoms with Crippen LogP contribution < -0.4 is 15.2 Å². The predicted molar refractivity (Wildman–Crippen MR) is 79.6 cm³/mol. The zero-order valence-electron chi connectivity index (χ0n) is 10.9. The summed E-state index contributed by atoms with van der Waals surface area (Å²) in [7, 11) is -2.54. The SMILES string of the molecule is COc1ccc(N)cc1NS(=O)(=O)c1ccc(F)c(Cl)c1. The number of hydrogen-bond donors (Lipinski definition) is 2. The zero-order valence-corrected chi connectivity index (χ0v) is 12.5. The van der Waals surface area contributed by atoms with Crippen LogP contribution in [0.2, 0.25) is 5.02 Å². The first-order chi connectivity index (χ1) is 9.83. The Kier molecular flexibility index (Phi) is 4.24. The highest BCUT2D eigenvalue weighted by Crippen LogP contribution is 2.29. The zero-order chi connectivity index (χ0) is 15.6. The van der Waals surface area contributed by atoms with Crippen LogP contribution in [0.25, 0.3) is 0 Å². The summed E-state index contributed by atoms with van der Waals surface area (Å²) in [6.07, 6.45) is 0. The van der Waals surface area contributed by atoms with E-state index in [9.17, 15) is 12.8 Å². The summed E-state index contributed by atoms with van der Waals surface area (Å²) in [6, 6.07) is 7.64. The Morgan fingerprint density at radius 3 is 2.57 bits per heavy atom. The van der Waals surface area contributed by atoms with Gasteiger partial charge in [0.15, 0.2) is 0 Å². The van der Waals surface area contributed by atoms with Crippen molar-refractivity contribution in [3.8, 4) is 5.75 Å². The highest BCUT2D eigenvalue weighted by molar-refractivity contribution is 7.92. The lowest BCUT2D eigenvalue weighted by Crippen LogP contribution is -2.14. The summed E-state index contributed by atoms with van der Waals surface area (Å²) in [5.74, 6) is -0.391. The third-order valence-electron chi connectivity index (χ3n) is 2.67. The number of ether oxygens (including phenoxy) is 1. The van der Waals surface area contributed by atoms with E-state index >= 15 is 0 Å². The molecule has 0 aromatic heterocycles. The molecule has 3 N–H and O–H groups in total. The molecule has 0 bridgehead atoms. The molecule has 0 amide bonds. The van der Waals surface area contributed by atoms with Crippen molar-refractivity contribution in [3.63, 3.8) is 0 Å². The van der Waals surface area contributed by atoms with Crippen molar-refractivity contribution in [2.45, 2.75) is 4.90 Å². The van der Waals surface area contributed by atoms with Gasteiger partial charge in [0.1, 0.15) is 11.6 Å². The highest BCUT2D eigenvalue weighted by atomic mass is 35.5. The molecule has 112 valence electrons. The average molecular weight is 331 g/mol. The van der Waals surface area contributed by atoms with E-state index in [0.717, 1.165) is 18.2 Å². The van der Waals surface area contributed by atoms with Gasteiger partial charge in [-0.15, -0.1) is 0 Å². The maximum Gasteiger partial charge on any atom is 0.262 e. The van der Waals surface area contributed by atoms with E-state index < -0.39 is 15.8 Å². The van der Waals surface area contributed by atoms with Crippen molar-refractivity contribution in [1.82, 2.24) is 0 Å². The number of rotatable bonds is 4. The van der Waals surface area contributed by atoms with Crippen molar-refractivity contribution in [2.75, 3.05) is 17.6 Å². The fraction of sp³-hybridized carbons (Fsp3) is 0.0769. The third-order valence-corrected chi connectivity index (χ3v) is 4.32. The van der Waals surface area contributed by atoms with Gasteiger partial charge in [0.05, 0.1) is 22.7 Å². The van der Waals surface area contributed by atoms with Gasteiger partial charge < -0.3 is 10.5 Å². The number of hydrogen-bond acceptors (Lipinski definition) is 4. The summed E-state index contributed by atoms with van der Waals surface area (Å²) < 4.78 is 45.0. The van der Waals surface area contributed by atoms with Crippen LogP contribution in [0.5, 0.6) is 5.75 Å². The molecule has 0 saturated heterocycles. The van der Waals surface area contributed by atoms with E-state index in [4.69, 9.17) is 22.1 Å². The number of anilines is 2. The van der Waals surface area contributed by atoms with Gasteiger partial charge in [-0.2, -0.15) is 0 Å². The molecule has 21 heavy (non-hydrogen) atoms. The summed E-state index contributed by atoms with van der Waals surface area (Å²) in [6.45, 7) is 0. The number of halogens is 2. The fourth-order valence-electron chi connectivity index (χ4n) is 1.65. The second-order valence-corrected chi connectivity index (χ2v) is 6.23. The monoisotopic (exact) mass is 330 g/mol. The molecule has 2 aromatic carbocycles. The van der Waals surface area contributed by atoms with Crippen LogP contribution in [0.3, 0.4) is 0 Å². The maximum absolute atomic E-state index is 13.1. The Labute approximate surface area is 126 Å². The molecule has 0 saturated carbocycles. The molecular weight excluding hydrogens is 319 g/mol. The number of methoxy groups -OCH3 is 1. The maximum atomic E-state index is 13.1. The molecule has 0 aliphatic rings. The molecule has 0 aliphatic carbocycles. The van der Waals surface area contributed by atoms with Gasteiger partial charge in [-0.25, -0.2) is 12.8 Å². The van der Waals surface area contributed by atoms with Crippen molar-refractivity contribution in [1.29, 1.82) is 0 Å². The van der Waals surface area contributed by atoms with Crippen LogP contribution in [-0.2, 0) is 10.0 Å². The molecule has 2 aromatic rings. The first kappa shape index (κ1) is 15.4. The Hall–Kier alpha value is -1.99. The van der Waals surface area contributed by atoms with Gasteiger partial charge in [-0.1, -0.05) is 11.6 Å². The molecule has 5 nitrogen and oxygen atoms in total. The van der Waals surface area contributed by atoms with Gasteiger partial charge in [-0.3, -0.25) is 4.72 Å². The summed E-state index contributed by atoms with van der Waals surface area (Å²) in [4.78, 5) is -0.168. The topological polar surface area (TPSA) is 81.4 Å². The lowest BCUT2D eigenvalue weighted by Gasteiger charge is -2.12. The molecule has 0 spiro atoms. The van der Waals surface area contributed by atoms with E-state index in [1.807, 2.05) is 0 Å². The first-order valence-electron chi connectivity index (χ1n) is 5.75. The Balaban J connectivity index is 2.41. The average Bonchev–Trinajstić information content (AvgIpc) is 2.41. The van der Waals surface area contributed by atoms with Crippen LogP contribution >= 0.6 is 11.6 Å². The standard InChI is InChI=1S/C13H12ClFN2O3S/c1-20-13-5-2-8(16)6-12(13)17-21(18,19)9-3-4-11(15)10(14)7-9/h2-7,17H,16H2,1H3. The number of benzene rings is 2. The number of nitrogens with two attached hydrogens (primary N) is 1. The van der Waals surface area contributed by atoms with Gasteiger partial charge in [-0.05, 0) is 36.4 Å². The van der Waals surface area contributed by atoms with Crippen molar-refractivity contribution in [3.05, 3.63) is 47.2 Å². The van der Waals surface area contributed by atoms with E-state index in [1.165, 1.54) is 19.2 Å². The van der Waals surface area contributed by atoms with E-state index in [0.29, 0.717) is 11.4 Å². The molecule has 0 atom stereocenters. The first-order valence-corrected chi connectivity index (χ1v) is 7.61. The second kappa shape index (κ2) is 5.79. The number of nitrogens with one attached hydrogen (secondary N) is 1. The predicted octanol–water partition coefficient (Wildman–Crippen LogP) is 2.87. The van der Waals surface area contributed by atoms with E-state index in [2.05, 4.69) is 4.72 Å². The number of nitrogen functional groups attached to an aromatic ring is 1. The molecule has 2 rings (SSSR count). The number of sulfonamides is 1. The van der Waals surface area contributed by atoms with Gasteiger partial charge >= 0.3 is 0 Å². The smallest absolute Gasteiger partial charge is 0.262 e. The normalized spacial score (nSPS) is 11.2. The Morgan fingerprint density at radius 1 is 1.24 bits per heavy atom. The van der Waals surface area contributed by atoms with Gasteiger partial charge in [0.25, 0.3) is 10.0 Å². The molecule has 0 fully saturated rings. The van der Waals surface area contributed by atoms with Crippen LogP contribution in [0, 0.1) is 5.82 Å². The summed E-state index contributed by atoms with van der Waals surface area (Å²) in [5.41, 5.74) is 6.17. The largest absolute Gasteiger partial charge is 0.495 e. The molecular formula is C13H12ClFN2O3S. The van der Waals surface area contributed by atoms with Crippen molar-refractivity contribution < 1.29 is 17.5 Å². The van der Waals surface area contributed by atoms with Crippen LogP contribution in [0.15, 0.2) is 41.3 Å². The highest BCUT2D eigenvalue weighted by Gasteiger charge is 2.18. The fourth-order valence-corrected chi connectivity index (χ4v) is 2.99. The Morgan fingerprint density at radius 2 is 1.95 bits per heavy atom. The molecule has 0 radical (unpaired) electrons. The molecule has 0 unspecified atom stereocenters. The third kappa shape index (κ3) is 3.37. The lowest BCUT2D eigenvalue weighted by molar-refractivity contribution is 0.417. The minimum absolute atomic E-state index is 0.168. The molecule has 0 aliphatic heterocycles. The van der Waals surface area contributed by atoms with Gasteiger partial charge in [0, 0.05) is 5.69 Å².